The van der Waals surface area contributed by atoms with Gasteiger partial charge in [-0.2, -0.15) is 0 Å². The first-order valence-corrected chi connectivity index (χ1v) is 6.59. The van der Waals surface area contributed by atoms with E-state index in [9.17, 15) is 0 Å². The normalized spacial score (nSPS) is 11.1. The van der Waals surface area contributed by atoms with Gasteiger partial charge in [0.15, 0.2) is 0 Å². The number of benzene rings is 1. The second kappa shape index (κ2) is 7.01. The second-order valence-corrected chi connectivity index (χ2v) is 4.43. The standard InChI is InChI=1S/C14H20N4O/c1-2-13-16-17-14(19-13)11-18(9-8-15)10-12-6-4-3-5-7-12/h3-7H,2,8-11,15H2,1H3. The van der Waals surface area contributed by atoms with Crippen molar-refractivity contribution in [1.29, 1.82) is 0 Å². The molecule has 0 saturated heterocycles. The Kier molecular flexibility index (Phi) is 5.06. The lowest BCUT2D eigenvalue weighted by atomic mass is 10.2. The van der Waals surface area contributed by atoms with Crippen molar-refractivity contribution in [3.63, 3.8) is 0 Å². The second-order valence-electron chi connectivity index (χ2n) is 4.43. The summed E-state index contributed by atoms with van der Waals surface area (Å²) in [4.78, 5) is 2.21. The van der Waals surface area contributed by atoms with Crippen LogP contribution in [0.3, 0.4) is 0 Å². The molecule has 0 aliphatic carbocycles. The monoisotopic (exact) mass is 260 g/mol. The van der Waals surface area contributed by atoms with Crippen LogP contribution in [0.5, 0.6) is 0 Å². The Bertz CT molecular complexity index is 483. The number of aromatic nitrogens is 2. The van der Waals surface area contributed by atoms with E-state index < -0.39 is 0 Å². The topological polar surface area (TPSA) is 68.2 Å². The van der Waals surface area contributed by atoms with Crippen molar-refractivity contribution in [3.8, 4) is 0 Å². The molecule has 0 unspecified atom stereocenters. The van der Waals surface area contributed by atoms with Crippen molar-refractivity contribution in [2.75, 3.05) is 13.1 Å². The lowest BCUT2D eigenvalue weighted by Gasteiger charge is -2.19. The molecular weight excluding hydrogens is 240 g/mol. The molecule has 0 spiro atoms. The molecule has 0 bridgehead atoms. The summed E-state index contributed by atoms with van der Waals surface area (Å²) in [6, 6.07) is 10.3. The Hall–Kier alpha value is -1.72. The molecule has 0 amide bonds. The van der Waals surface area contributed by atoms with E-state index in [1.54, 1.807) is 0 Å². The Morgan fingerprint density at radius 2 is 1.84 bits per heavy atom. The highest BCUT2D eigenvalue weighted by molar-refractivity contribution is 5.14. The SMILES string of the molecule is CCc1nnc(CN(CCN)Cc2ccccc2)o1. The van der Waals surface area contributed by atoms with Gasteiger partial charge in [0.25, 0.3) is 0 Å². The van der Waals surface area contributed by atoms with E-state index in [1.165, 1.54) is 5.56 Å². The van der Waals surface area contributed by atoms with Crippen LogP contribution in [0.25, 0.3) is 0 Å². The van der Waals surface area contributed by atoms with Crippen LogP contribution in [0.15, 0.2) is 34.7 Å². The van der Waals surface area contributed by atoms with E-state index in [1.807, 2.05) is 25.1 Å². The molecule has 102 valence electrons. The number of nitrogens with zero attached hydrogens (tertiary/aromatic N) is 3. The van der Waals surface area contributed by atoms with E-state index in [-0.39, 0.29) is 0 Å². The highest BCUT2D eigenvalue weighted by Crippen LogP contribution is 2.09. The lowest BCUT2D eigenvalue weighted by molar-refractivity contribution is 0.234. The minimum absolute atomic E-state index is 0.613. The summed E-state index contributed by atoms with van der Waals surface area (Å²) in [5.74, 6) is 1.34. The maximum atomic E-state index is 5.66. The van der Waals surface area contributed by atoms with Crippen molar-refractivity contribution >= 4 is 0 Å². The summed E-state index contributed by atoms with van der Waals surface area (Å²) in [6.45, 7) is 4.89. The van der Waals surface area contributed by atoms with Gasteiger partial charge in [-0.15, -0.1) is 10.2 Å². The fourth-order valence-corrected chi connectivity index (χ4v) is 1.92. The maximum Gasteiger partial charge on any atom is 0.230 e. The van der Waals surface area contributed by atoms with Crippen molar-refractivity contribution < 1.29 is 4.42 Å². The molecule has 1 heterocycles. The zero-order valence-corrected chi connectivity index (χ0v) is 11.2. The van der Waals surface area contributed by atoms with Gasteiger partial charge in [-0.3, -0.25) is 4.90 Å². The van der Waals surface area contributed by atoms with E-state index in [4.69, 9.17) is 10.2 Å². The summed E-state index contributed by atoms with van der Waals surface area (Å²) >= 11 is 0. The summed E-state index contributed by atoms with van der Waals surface area (Å²) in [5.41, 5.74) is 6.92. The summed E-state index contributed by atoms with van der Waals surface area (Å²) in [7, 11) is 0. The summed E-state index contributed by atoms with van der Waals surface area (Å²) in [5, 5.41) is 8.03. The van der Waals surface area contributed by atoms with Crippen LogP contribution in [0.2, 0.25) is 0 Å². The Morgan fingerprint density at radius 3 is 2.47 bits per heavy atom. The number of rotatable bonds is 7. The molecule has 0 saturated carbocycles. The number of hydrogen-bond acceptors (Lipinski definition) is 5. The molecule has 2 N–H and O–H groups in total. The fourth-order valence-electron chi connectivity index (χ4n) is 1.92. The van der Waals surface area contributed by atoms with Crippen LogP contribution >= 0.6 is 0 Å². The molecule has 0 atom stereocenters. The van der Waals surface area contributed by atoms with Crippen molar-refractivity contribution in [1.82, 2.24) is 15.1 Å². The predicted molar refractivity (Wildman–Crippen MR) is 73.3 cm³/mol. The molecule has 1 aromatic carbocycles. The average Bonchev–Trinajstić information content (AvgIpc) is 2.88. The number of aryl methyl sites for hydroxylation is 1. The predicted octanol–water partition coefficient (Wildman–Crippen LogP) is 1.59. The van der Waals surface area contributed by atoms with Gasteiger partial charge >= 0.3 is 0 Å². The van der Waals surface area contributed by atoms with E-state index in [0.29, 0.717) is 24.9 Å². The average molecular weight is 260 g/mol. The van der Waals surface area contributed by atoms with Gasteiger partial charge in [0.1, 0.15) is 0 Å². The van der Waals surface area contributed by atoms with Gasteiger partial charge in [0.05, 0.1) is 6.54 Å². The molecule has 1 aromatic heterocycles. The molecule has 0 aliphatic heterocycles. The zero-order chi connectivity index (χ0) is 13.5. The summed E-state index contributed by atoms with van der Waals surface area (Å²) in [6.07, 6.45) is 0.766. The number of hydrogen-bond donors (Lipinski definition) is 1. The van der Waals surface area contributed by atoms with Crippen LogP contribution in [-0.4, -0.2) is 28.2 Å². The van der Waals surface area contributed by atoms with Gasteiger partial charge in [-0.25, -0.2) is 0 Å². The quantitative estimate of drug-likeness (QED) is 0.819. The van der Waals surface area contributed by atoms with E-state index >= 15 is 0 Å². The van der Waals surface area contributed by atoms with E-state index in [0.717, 1.165) is 19.5 Å². The molecule has 5 heteroatoms. The third-order valence-corrected chi connectivity index (χ3v) is 2.86. The smallest absolute Gasteiger partial charge is 0.230 e. The van der Waals surface area contributed by atoms with Gasteiger partial charge in [0, 0.05) is 26.1 Å². The zero-order valence-electron chi connectivity index (χ0n) is 11.2. The third-order valence-electron chi connectivity index (χ3n) is 2.86. The van der Waals surface area contributed by atoms with Gasteiger partial charge in [-0.1, -0.05) is 37.3 Å². The van der Waals surface area contributed by atoms with Crippen molar-refractivity contribution in [2.45, 2.75) is 26.4 Å². The Morgan fingerprint density at radius 1 is 1.11 bits per heavy atom. The first kappa shape index (κ1) is 13.7. The van der Waals surface area contributed by atoms with Crippen molar-refractivity contribution in [2.24, 2.45) is 5.73 Å². The van der Waals surface area contributed by atoms with Crippen LogP contribution < -0.4 is 5.73 Å². The van der Waals surface area contributed by atoms with Crippen molar-refractivity contribution in [3.05, 3.63) is 47.7 Å². The van der Waals surface area contributed by atoms with Gasteiger partial charge in [0.2, 0.25) is 11.8 Å². The first-order valence-electron chi connectivity index (χ1n) is 6.59. The molecule has 2 rings (SSSR count). The third kappa shape index (κ3) is 4.15. The highest BCUT2D eigenvalue weighted by atomic mass is 16.4. The number of nitrogens with two attached hydrogens (primary N) is 1. The van der Waals surface area contributed by atoms with E-state index in [2.05, 4.69) is 27.2 Å². The summed E-state index contributed by atoms with van der Waals surface area (Å²) < 4.78 is 5.54. The van der Waals surface area contributed by atoms with Crippen LogP contribution in [-0.2, 0) is 19.5 Å². The molecule has 19 heavy (non-hydrogen) atoms. The highest BCUT2D eigenvalue weighted by Gasteiger charge is 2.11. The molecular formula is C14H20N4O. The Balaban J connectivity index is 1.99. The fraction of sp³-hybridized carbons (Fsp3) is 0.429. The lowest BCUT2D eigenvalue weighted by Crippen LogP contribution is -2.28. The van der Waals surface area contributed by atoms with Crippen LogP contribution in [0, 0.1) is 0 Å². The molecule has 5 nitrogen and oxygen atoms in total. The molecule has 2 aromatic rings. The molecule has 0 aliphatic rings. The minimum atomic E-state index is 0.613. The van der Waals surface area contributed by atoms with Crippen LogP contribution in [0.1, 0.15) is 24.3 Å². The van der Waals surface area contributed by atoms with Crippen LogP contribution in [0.4, 0.5) is 0 Å². The minimum Gasteiger partial charge on any atom is -0.424 e. The maximum absolute atomic E-state index is 5.66. The van der Waals surface area contributed by atoms with Gasteiger partial charge < -0.3 is 10.2 Å². The largest absolute Gasteiger partial charge is 0.424 e. The molecule has 0 fully saturated rings. The first-order chi connectivity index (χ1) is 9.31. The molecule has 0 radical (unpaired) electrons. The van der Waals surface area contributed by atoms with Gasteiger partial charge in [-0.05, 0) is 5.56 Å². The Labute approximate surface area is 113 Å².